The van der Waals surface area contributed by atoms with E-state index in [9.17, 15) is 14.7 Å². The van der Waals surface area contributed by atoms with Gasteiger partial charge in [-0.25, -0.2) is 4.98 Å². The normalized spacial score (nSPS) is 16.2. The zero-order valence-electron chi connectivity index (χ0n) is 20.9. The molecule has 2 heterocycles. The summed E-state index contributed by atoms with van der Waals surface area (Å²) in [5, 5.41) is 11.8. The number of aliphatic hydroxyl groups is 1. The molecule has 1 amide bonds. The number of methoxy groups -OCH3 is 1. The van der Waals surface area contributed by atoms with Gasteiger partial charge in [0.15, 0.2) is 5.76 Å². The van der Waals surface area contributed by atoms with Crippen molar-refractivity contribution >= 4 is 23.0 Å². The predicted molar refractivity (Wildman–Crippen MR) is 137 cm³/mol. The molecule has 1 N–H and O–H groups in total. The number of hydrogen-bond donors (Lipinski definition) is 1. The maximum Gasteiger partial charge on any atom is 0.290 e. The smallest absolute Gasteiger partial charge is 0.290 e. The van der Waals surface area contributed by atoms with Gasteiger partial charge in [0.25, 0.3) is 5.91 Å². The lowest BCUT2D eigenvalue weighted by Crippen LogP contribution is -2.31. The van der Waals surface area contributed by atoms with Gasteiger partial charge in [0.05, 0.1) is 40.8 Å². The van der Waals surface area contributed by atoms with Crippen LogP contribution in [-0.2, 0) is 16.8 Å². The summed E-state index contributed by atoms with van der Waals surface area (Å²) in [6.45, 7) is 10.2. The first-order chi connectivity index (χ1) is 16.5. The van der Waals surface area contributed by atoms with Crippen molar-refractivity contribution in [2.75, 3.05) is 7.11 Å². The standard InChI is InChI=1S/C28H30N2O4S/c1-16-26(35-17(2)29-16)24(31)22-23(18-11-13-20(14-12-18)28(3,4)5)30(27(33)25(22)32)15-19-9-7-8-10-21(19)34-6/h7-14,23,32H,15H2,1-6H3. The molecule has 35 heavy (non-hydrogen) atoms. The molecule has 1 aromatic heterocycles. The van der Waals surface area contributed by atoms with E-state index in [4.69, 9.17) is 4.74 Å². The Morgan fingerprint density at radius 1 is 1.11 bits per heavy atom. The highest BCUT2D eigenvalue weighted by Crippen LogP contribution is 2.42. The molecule has 6 nitrogen and oxygen atoms in total. The molecule has 0 aliphatic carbocycles. The maximum atomic E-state index is 13.7. The summed E-state index contributed by atoms with van der Waals surface area (Å²) in [5.41, 5.74) is 3.31. The van der Waals surface area contributed by atoms with E-state index in [0.717, 1.165) is 21.7 Å². The van der Waals surface area contributed by atoms with Crippen LogP contribution in [0.3, 0.4) is 0 Å². The lowest BCUT2D eigenvalue weighted by Gasteiger charge is -2.28. The molecule has 182 valence electrons. The van der Waals surface area contributed by atoms with Crippen LogP contribution in [0.1, 0.15) is 63.9 Å². The number of Topliss-reactive ketones (excluding diaryl/α,β-unsaturated/α-hetero) is 1. The van der Waals surface area contributed by atoms with E-state index in [1.165, 1.54) is 16.2 Å². The van der Waals surface area contributed by atoms with Crippen LogP contribution < -0.4 is 4.74 Å². The third kappa shape index (κ3) is 4.60. The fourth-order valence-electron chi connectivity index (χ4n) is 4.44. The Morgan fingerprint density at radius 3 is 2.34 bits per heavy atom. The number of carbonyl (C=O) groups is 2. The third-order valence-corrected chi connectivity index (χ3v) is 7.36. The van der Waals surface area contributed by atoms with Gasteiger partial charge in [0, 0.05) is 5.56 Å². The average molecular weight is 491 g/mol. The highest BCUT2D eigenvalue weighted by molar-refractivity contribution is 7.14. The highest BCUT2D eigenvalue weighted by atomic mass is 32.1. The highest BCUT2D eigenvalue weighted by Gasteiger charge is 2.44. The average Bonchev–Trinajstić information content (AvgIpc) is 3.29. The van der Waals surface area contributed by atoms with E-state index in [2.05, 4.69) is 25.8 Å². The van der Waals surface area contributed by atoms with Gasteiger partial charge < -0.3 is 14.7 Å². The number of amides is 1. The molecule has 3 aromatic rings. The van der Waals surface area contributed by atoms with Crippen molar-refractivity contribution in [3.05, 3.63) is 92.1 Å². The Kier molecular flexibility index (Phi) is 6.56. The largest absolute Gasteiger partial charge is 0.503 e. The van der Waals surface area contributed by atoms with Crippen molar-refractivity contribution in [3.8, 4) is 5.75 Å². The van der Waals surface area contributed by atoms with Crippen LogP contribution in [0.5, 0.6) is 5.75 Å². The summed E-state index contributed by atoms with van der Waals surface area (Å²) in [7, 11) is 1.58. The SMILES string of the molecule is COc1ccccc1CN1C(=O)C(O)=C(C(=O)c2sc(C)nc2C)C1c1ccc(C(C)(C)C)cc1. The van der Waals surface area contributed by atoms with Crippen molar-refractivity contribution in [2.24, 2.45) is 0 Å². The number of para-hydroxylation sites is 1. The number of carbonyl (C=O) groups excluding carboxylic acids is 2. The van der Waals surface area contributed by atoms with Crippen LogP contribution in [0.4, 0.5) is 0 Å². The Hall–Kier alpha value is -3.45. The molecule has 0 radical (unpaired) electrons. The summed E-state index contributed by atoms with van der Waals surface area (Å²) < 4.78 is 5.49. The van der Waals surface area contributed by atoms with E-state index in [1.54, 1.807) is 14.0 Å². The predicted octanol–water partition coefficient (Wildman–Crippen LogP) is 5.84. The topological polar surface area (TPSA) is 79.7 Å². The van der Waals surface area contributed by atoms with Crippen molar-refractivity contribution in [1.29, 1.82) is 0 Å². The van der Waals surface area contributed by atoms with Gasteiger partial charge >= 0.3 is 0 Å². The van der Waals surface area contributed by atoms with Crippen LogP contribution in [-0.4, -0.2) is 33.8 Å². The molecular formula is C28H30N2O4S. The van der Waals surface area contributed by atoms with Gasteiger partial charge in [-0.2, -0.15) is 0 Å². The molecule has 0 spiro atoms. The van der Waals surface area contributed by atoms with Crippen molar-refractivity contribution in [3.63, 3.8) is 0 Å². The maximum absolute atomic E-state index is 13.7. The molecule has 2 aromatic carbocycles. The number of ether oxygens (including phenoxy) is 1. The van der Waals surface area contributed by atoms with Crippen LogP contribution in [0.15, 0.2) is 59.9 Å². The zero-order chi connectivity index (χ0) is 25.5. The number of aryl methyl sites for hydroxylation is 2. The lowest BCUT2D eigenvalue weighted by molar-refractivity contribution is -0.130. The minimum Gasteiger partial charge on any atom is -0.503 e. The zero-order valence-corrected chi connectivity index (χ0v) is 21.7. The lowest BCUT2D eigenvalue weighted by atomic mass is 9.85. The molecule has 1 atom stereocenters. The Morgan fingerprint density at radius 2 is 1.77 bits per heavy atom. The number of nitrogens with zero attached hydrogens (tertiary/aromatic N) is 2. The second-order valence-corrected chi connectivity index (χ2v) is 11.0. The minimum absolute atomic E-state index is 0.0466. The van der Waals surface area contributed by atoms with Gasteiger partial charge in [-0.05, 0) is 36.5 Å². The number of benzene rings is 2. The van der Waals surface area contributed by atoms with Crippen LogP contribution in [0, 0.1) is 13.8 Å². The first-order valence-electron chi connectivity index (χ1n) is 11.5. The fourth-order valence-corrected chi connectivity index (χ4v) is 5.32. The fraction of sp³-hybridized carbons (Fsp3) is 0.321. The van der Waals surface area contributed by atoms with Crippen LogP contribution in [0.25, 0.3) is 0 Å². The molecule has 7 heteroatoms. The molecule has 0 fully saturated rings. The Labute approximate surface area is 209 Å². The summed E-state index contributed by atoms with van der Waals surface area (Å²) >= 11 is 1.27. The molecule has 1 unspecified atom stereocenters. The first kappa shape index (κ1) is 24.7. The van der Waals surface area contributed by atoms with Crippen molar-refractivity contribution < 1.29 is 19.4 Å². The van der Waals surface area contributed by atoms with Gasteiger partial charge in [-0.1, -0.05) is 63.2 Å². The van der Waals surface area contributed by atoms with E-state index >= 15 is 0 Å². The van der Waals surface area contributed by atoms with Gasteiger partial charge in [-0.15, -0.1) is 11.3 Å². The molecule has 1 aliphatic rings. The second kappa shape index (κ2) is 9.30. The van der Waals surface area contributed by atoms with Gasteiger partial charge in [-0.3, -0.25) is 9.59 Å². The third-order valence-electron chi connectivity index (χ3n) is 6.28. The van der Waals surface area contributed by atoms with E-state index < -0.39 is 17.7 Å². The van der Waals surface area contributed by atoms with Crippen LogP contribution >= 0.6 is 11.3 Å². The number of rotatable bonds is 6. The molecule has 0 saturated heterocycles. The number of thiazole rings is 1. The Bertz CT molecular complexity index is 1320. The van der Waals surface area contributed by atoms with Gasteiger partial charge in [0.1, 0.15) is 5.75 Å². The minimum atomic E-state index is -0.740. The summed E-state index contributed by atoms with van der Waals surface area (Å²) in [4.78, 5) is 33.4. The number of ketones is 1. The van der Waals surface area contributed by atoms with Crippen LogP contribution in [0.2, 0.25) is 0 Å². The van der Waals surface area contributed by atoms with E-state index in [-0.39, 0.29) is 23.3 Å². The van der Waals surface area contributed by atoms with Gasteiger partial charge in [0.2, 0.25) is 5.78 Å². The van der Waals surface area contributed by atoms with E-state index in [1.807, 2.05) is 55.5 Å². The quantitative estimate of drug-likeness (QED) is 0.439. The molecule has 1 aliphatic heterocycles. The monoisotopic (exact) mass is 490 g/mol. The molecule has 0 bridgehead atoms. The van der Waals surface area contributed by atoms with Crippen molar-refractivity contribution in [2.45, 2.75) is 52.6 Å². The van der Waals surface area contributed by atoms with Crippen molar-refractivity contribution in [1.82, 2.24) is 9.88 Å². The number of hydrogen-bond acceptors (Lipinski definition) is 6. The molecule has 4 rings (SSSR count). The molecule has 0 saturated carbocycles. The van der Waals surface area contributed by atoms with E-state index in [0.29, 0.717) is 16.3 Å². The second-order valence-electron chi connectivity index (χ2n) is 9.76. The summed E-state index contributed by atoms with van der Waals surface area (Å²) in [6.07, 6.45) is 0. The summed E-state index contributed by atoms with van der Waals surface area (Å²) in [6, 6.07) is 14.6. The Balaban J connectivity index is 1.83. The number of aliphatic hydroxyl groups excluding tert-OH is 1. The molecular weight excluding hydrogens is 460 g/mol. The number of aromatic nitrogens is 1. The first-order valence-corrected chi connectivity index (χ1v) is 12.3. The summed E-state index contributed by atoms with van der Waals surface area (Å²) in [5.74, 6) is -0.829.